The van der Waals surface area contributed by atoms with Gasteiger partial charge in [0.25, 0.3) is 0 Å². The van der Waals surface area contributed by atoms with Gasteiger partial charge >= 0.3 is 12.1 Å². The lowest BCUT2D eigenvalue weighted by molar-refractivity contribution is -0.308. The Hall–Kier alpha value is -2.77. The fourth-order valence-corrected chi connectivity index (χ4v) is 9.19. The molecule has 0 bridgehead atoms. The average molecular weight is 867 g/mol. The first-order valence-electron chi connectivity index (χ1n) is 21.8. The zero-order chi connectivity index (χ0) is 45.6. The Kier molecular flexibility index (Phi) is 17.7. The summed E-state index contributed by atoms with van der Waals surface area (Å²) in [6.45, 7) is 17.3. The molecule has 16 nitrogen and oxygen atoms in total. The molecule has 0 radical (unpaired) electrons. The van der Waals surface area contributed by atoms with Gasteiger partial charge in [0, 0.05) is 25.5 Å². The van der Waals surface area contributed by atoms with Gasteiger partial charge in [-0.1, -0.05) is 51.1 Å². The molecule has 3 fully saturated rings. The Morgan fingerprint density at radius 2 is 1.61 bits per heavy atom. The van der Waals surface area contributed by atoms with Gasteiger partial charge in [0.15, 0.2) is 24.5 Å². The van der Waals surface area contributed by atoms with Crippen molar-refractivity contribution in [1.29, 1.82) is 0 Å². The van der Waals surface area contributed by atoms with Gasteiger partial charge in [0.1, 0.15) is 36.1 Å². The summed E-state index contributed by atoms with van der Waals surface area (Å²) in [6.07, 6.45) is -9.45. The standard InChI is InChI=1S/C45H74N2O14/c1-14-33-45(10,53)37(48)29(6)46-23-25(2)21-43(8,52)39(27(4)35(28(5)40(50)58-33)59-34-22-44(9,54-13)38(49)30(7)57-34)61-41-36(32(47(11)12)20-26(3)56-41)60-42(51)55-24-31-18-16-15-17-19-31/h15-19,25-30,32-37,39,41,46,48,52-53H,14,20-24H2,1-13H3/t25-,26-,27+,28-,29-,30+,32+,33-,34+,35+,36-,37-,39-,41+,43-,44-,45-/m1/s1. The molecular formula is C45H74N2O14. The van der Waals surface area contributed by atoms with Crippen LogP contribution < -0.4 is 5.32 Å². The number of hydrogen-bond donors (Lipinski definition) is 4. The maximum Gasteiger partial charge on any atom is 0.509 e. The van der Waals surface area contributed by atoms with E-state index in [9.17, 15) is 29.7 Å². The van der Waals surface area contributed by atoms with Crippen LogP contribution in [0.5, 0.6) is 0 Å². The summed E-state index contributed by atoms with van der Waals surface area (Å²) >= 11 is 0. The topological polar surface area (TPSA) is 201 Å². The van der Waals surface area contributed by atoms with Gasteiger partial charge in [0.05, 0.1) is 35.9 Å². The molecule has 3 aliphatic heterocycles. The summed E-state index contributed by atoms with van der Waals surface area (Å²) in [4.78, 5) is 42.9. The Labute approximate surface area is 362 Å². The second kappa shape index (κ2) is 21.3. The number of ether oxygens (including phenoxy) is 8. The number of ketones is 1. The van der Waals surface area contributed by atoms with Gasteiger partial charge in [-0.2, -0.15) is 0 Å². The van der Waals surface area contributed by atoms with Crippen LogP contribution in [0.15, 0.2) is 30.3 Å². The molecule has 1 aromatic rings. The molecule has 0 aliphatic carbocycles. The third-order valence-corrected chi connectivity index (χ3v) is 12.9. The second-order valence-electron chi connectivity index (χ2n) is 18.6. The van der Waals surface area contributed by atoms with Crippen LogP contribution in [0, 0.1) is 17.8 Å². The predicted octanol–water partition coefficient (Wildman–Crippen LogP) is 4.13. The number of methoxy groups -OCH3 is 1. The number of aliphatic hydroxyl groups is 3. The molecule has 4 N–H and O–H groups in total. The van der Waals surface area contributed by atoms with E-state index in [1.54, 1.807) is 48.5 Å². The lowest BCUT2D eigenvalue weighted by Gasteiger charge is -2.48. The molecule has 0 aromatic heterocycles. The molecule has 3 aliphatic rings. The van der Waals surface area contributed by atoms with E-state index >= 15 is 0 Å². The van der Waals surface area contributed by atoms with Crippen LogP contribution in [-0.4, -0.2) is 150 Å². The molecule has 0 unspecified atom stereocenters. The van der Waals surface area contributed by atoms with Gasteiger partial charge in [0.2, 0.25) is 0 Å². The third kappa shape index (κ3) is 12.5. The average Bonchev–Trinajstić information content (AvgIpc) is 3.20. The molecule has 0 amide bonds. The molecular weight excluding hydrogens is 792 g/mol. The maximum absolute atomic E-state index is 14.4. The highest BCUT2D eigenvalue weighted by Gasteiger charge is 2.53. The van der Waals surface area contributed by atoms with Gasteiger partial charge < -0.3 is 63.4 Å². The zero-order valence-electron chi connectivity index (χ0n) is 38.5. The number of benzene rings is 1. The fourth-order valence-electron chi connectivity index (χ4n) is 9.19. The molecule has 3 saturated heterocycles. The highest BCUT2D eigenvalue weighted by atomic mass is 16.8. The van der Waals surface area contributed by atoms with Crippen LogP contribution in [0.3, 0.4) is 0 Å². The number of aliphatic hydroxyl groups excluding tert-OH is 1. The number of carbonyl (C=O) groups excluding carboxylic acids is 3. The minimum Gasteiger partial charge on any atom is -0.459 e. The smallest absolute Gasteiger partial charge is 0.459 e. The van der Waals surface area contributed by atoms with Crippen molar-refractivity contribution in [2.75, 3.05) is 27.7 Å². The third-order valence-electron chi connectivity index (χ3n) is 12.9. The minimum absolute atomic E-state index is 0.00652. The molecule has 16 heteroatoms. The van der Waals surface area contributed by atoms with Crippen molar-refractivity contribution < 1.29 is 67.6 Å². The van der Waals surface area contributed by atoms with Gasteiger partial charge in [-0.15, -0.1) is 0 Å². The Morgan fingerprint density at radius 1 is 0.951 bits per heavy atom. The number of esters is 1. The number of likely N-dealkylation sites (N-methyl/N-ethyl adjacent to an activating group) is 1. The molecule has 61 heavy (non-hydrogen) atoms. The predicted molar refractivity (Wildman–Crippen MR) is 224 cm³/mol. The first-order chi connectivity index (χ1) is 28.4. The summed E-state index contributed by atoms with van der Waals surface area (Å²) in [6, 6.07) is 8.18. The summed E-state index contributed by atoms with van der Waals surface area (Å²) in [5.41, 5.74) is -4.00. The molecule has 0 spiro atoms. The Balaban J connectivity index is 1.81. The number of cyclic esters (lactones) is 1. The van der Waals surface area contributed by atoms with Crippen LogP contribution in [0.4, 0.5) is 4.79 Å². The molecule has 17 atom stereocenters. The quantitative estimate of drug-likeness (QED) is 0.245. The maximum atomic E-state index is 14.4. The zero-order valence-corrected chi connectivity index (χ0v) is 38.5. The molecule has 4 rings (SSSR count). The molecule has 1 aromatic carbocycles. The first kappa shape index (κ1) is 50.9. The minimum atomic E-state index is -1.85. The van der Waals surface area contributed by atoms with E-state index in [0.717, 1.165) is 5.56 Å². The van der Waals surface area contributed by atoms with E-state index < -0.39 is 102 Å². The van der Waals surface area contributed by atoms with E-state index in [2.05, 4.69) is 5.32 Å². The van der Waals surface area contributed by atoms with Crippen molar-refractivity contribution in [2.24, 2.45) is 17.8 Å². The highest BCUT2D eigenvalue weighted by molar-refractivity contribution is 5.91. The van der Waals surface area contributed by atoms with Crippen LogP contribution in [0.25, 0.3) is 0 Å². The fraction of sp³-hybridized carbons (Fsp3) is 0.800. The monoisotopic (exact) mass is 867 g/mol. The SMILES string of the molecule is CC[C@H]1OC(=O)[C@H](C)[C@@H](O[C@H]2C[C@@](C)(OC)C(=O)[C@H](C)O2)[C@H](C)[C@@H](O[C@@H]2O[C@H](C)C[C@H](N(C)C)[C@H]2OC(=O)OCc2ccccc2)[C@](C)(O)C[C@@H](C)CN[C@H](C)[C@@H](O)[C@]1(C)O. The second-order valence-corrected chi connectivity index (χ2v) is 18.6. The van der Waals surface area contributed by atoms with Crippen molar-refractivity contribution >= 4 is 17.9 Å². The van der Waals surface area contributed by atoms with E-state index in [1.165, 1.54) is 14.0 Å². The van der Waals surface area contributed by atoms with Crippen molar-refractivity contribution in [3.8, 4) is 0 Å². The van der Waals surface area contributed by atoms with Crippen LogP contribution in [0.1, 0.15) is 100 Å². The van der Waals surface area contributed by atoms with E-state index in [1.807, 2.05) is 63.2 Å². The van der Waals surface area contributed by atoms with E-state index in [-0.39, 0.29) is 43.7 Å². The van der Waals surface area contributed by atoms with E-state index in [4.69, 9.17) is 37.9 Å². The lowest BCUT2D eigenvalue weighted by Crippen LogP contribution is -2.61. The van der Waals surface area contributed by atoms with Crippen molar-refractivity contribution in [1.82, 2.24) is 10.2 Å². The number of nitrogens with one attached hydrogen (secondary N) is 1. The first-order valence-corrected chi connectivity index (χ1v) is 21.8. The van der Waals surface area contributed by atoms with Crippen LogP contribution in [0.2, 0.25) is 0 Å². The van der Waals surface area contributed by atoms with E-state index in [0.29, 0.717) is 13.0 Å². The number of carbonyl (C=O) groups is 3. The van der Waals surface area contributed by atoms with Crippen LogP contribution >= 0.6 is 0 Å². The number of Topliss-reactive ketones (excluding diaryl/α,β-unsaturated/α-hetero) is 1. The number of hydrogen-bond acceptors (Lipinski definition) is 16. The molecule has 348 valence electrons. The molecule has 0 saturated carbocycles. The molecule has 3 heterocycles. The Morgan fingerprint density at radius 3 is 2.21 bits per heavy atom. The van der Waals surface area contributed by atoms with Crippen molar-refractivity contribution in [3.05, 3.63) is 35.9 Å². The van der Waals surface area contributed by atoms with Crippen molar-refractivity contribution in [2.45, 2.75) is 186 Å². The number of rotatable bonds is 10. The highest BCUT2D eigenvalue weighted by Crippen LogP contribution is 2.40. The normalized spacial score (nSPS) is 42.2. The largest absolute Gasteiger partial charge is 0.509 e. The van der Waals surface area contributed by atoms with Gasteiger partial charge in [-0.3, -0.25) is 9.59 Å². The van der Waals surface area contributed by atoms with Gasteiger partial charge in [-0.25, -0.2) is 4.79 Å². The van der Waals surface area contributed by atoms with Crippen LogP contribution in [-0.2, 0) is 54.1 Å². The number of nitrogens with zero attached hydrogens (tertiary/aromatic N) is 1. The summed E-state index contributed by atoms with van der Waals surface area (Å²) in [5, 5.41) is 39.1. The Bertz CT molecular complexity index is 1580. The summed E-state index contributed by atoms with van der Waals surface area (Å²) in [5.74, 6) is -3.19. The lowest BCUT2D eigenvalue weighted by atomic mass is 9.77. The summed E-state index contributed by atoms with van der Waals surface area (Å²) in [7, 11) is 5.16. The van der Waals surface area contributed by atoms with Gasteiger partial charge in [-0.05, 0) is 99.9 Å². The summed E-state index contributed by atoms with van der Waals surface area (Å²) < 4.78 is 49.5. The van der Waals surface area contributed by atoms with Crippen molar-refractivity contribution in [3.63, 3.8) is 0 Å².